The fraction of sp³-hybridized carbons (Fsp3) is 0.0833. The van der Waals surface area contributed by atoms with Crippen molar-refractivity contribution < 1.29 is 19.1 Å². The Morgan fingerprint density at radius 2 is 1.48 bits per heavy atom. The fourth-order valence-corrected chi connectivity index (χ4v) is 4.49. The smallest absolute Gasteiger partial charge is 0.283 e. The number of amides is 2. The van der Waals surface area contributed by atoms with E-state index in [0.29, 0.717) is 27.2 Å². The van der Waals surface area contributed by atoms with Crippen LogP contribution in [0.4, 0.5) is 11.4 Å². The van der Waals surface area contributed by atoms with Gasteiger partial charge in [-0.25, -0.2) is 4.90 Å². The number of hydrogen-bond donors (Lipinski definition) is 1. The number of methoxy groups -OCH3 is 2. The number of thioether (sulfide) groups is 1. The summed E-state index contributed by atoms with van der Waals surface area (Å²) in [4.78, 5) is 29.1. The molecule has 3 aromatic rings. The molecule has 168 valence electrons. The predicted molar refractivity (Wildman–Crippen MR) is 131 cm³/mol. The number of hydrogen-bond acceptors (Lipinski definition) is 6. The molecule has 0 saturated heterocycles. The van der Waals surface area contributed by atoms with Gasteiger partial charge in [0, 0.05) is 14.9 Å². The minimum Gasteiger partial charge on any atom is -0.495 e. The van der Waals surface area contributed by atoms with Gasteiger partial charge in [-0.05, 0) is 54.6 Å². The van der Waals surface area contributed by atoms with Crippen LogP contribution in [0, 0.1) is 0 Å². The molecule has 9 heteroatoms. The number of anilines is 2. The van der Waals surface area contributed by atoms with E-state index in [2.05, 4.69) is 5.32 Å². The zero-order valence-electron chi connectivity index (χ0n) is 17.6. The van der Waals surface area contributed by atoms with Crippen LogP contribution in [0.25, 0.3) is 0 Å². The highest BCUT2D eigenvalue weighted by Gasteiger charge is 2.41. The van der Waals surface area contributed by atoms with Gasteiger partial charge in [-0.15, -0.1) is 0 Å². The van der Waals surface area contributed by atoms with Crippen LogP contribution < -0.4 is 19.7 Å². The number of benzene rings is 3. The van der Waals surface area contributed by atoms with E-state index >= 15 is 0 Å². The molecule has 0 atom stereocenters. The van der Waals surface area contributed by atoms with Crippen LogP contribution in [-0.4, -0.2) is 26.0 Å². The van der Waals surface area contributed by atoms with E-state index in [1.165, 1.54) is 20.3 Å². The third kappa shape index (κ3) is 4.66. The van der Waals surface area contributed by atoms with Gasteiger partial charge in [0.15, 0.2) is 0 Å². The molecule has 0 saturated carbocycles. The third-order valence-corrected chi connectivity index (χ3v) is 6.40. The first-order valence-electron chi connectivity index (χ1n) is 9.73. The fourth-order valence-electron chi connectivity index (χ4n) is 3.27. The van der Waals surface area contributed by atoms with Crippen LogP contribution in [0.2, 0.25) is 10.0 Å². The van der Waals surface area contributed by atoms with Gasteiger partial charge in [-0.2, -0.15) is 0 Å². The topological polar surface area (TPSA) is 67.9 Å². The molecule has 0 aromatic heterocycles. The molecular formula is C24H18Cl2N2O4S. The Kier molecular flexibility index (Phi) is 6.83. The average molecular weight is 501 g/mol. The monoisotopic (exact) mass is 500 g/mol. The lowest BCUT2D eigenvalue weighted by molar-refractivity contribution is -0.120. The Bertz CT molecular complexity index is 1260. The van der Waals surface area contributed by atoms with Crippen LogP contribution in [-0.2, 0) is 9.59 Å². The summed E-state index contributed by atoms with van der Waals surface area (Å²) in [7, 11) is 2.99. The molecule has 0 aliphatic carbocycles. The second-order valence-electron chi connectivity index (χ2n) is 6.85. The molecule has 1 aliphatic heterocycles. The summed E-state index contributed by atoms with van der Waals surface area (Å²) in [6, 6.07) is 18.9. The van der Waals surface area contributed by atoms with Crippen molar-refractivity contribution in [3.05, 3.63) is 87.4 Å². The molecule has 33 heavy (non-hydrogen) atoms. The van der Waals surface area contributed by atoms with Gasteiger partial charge in [0.05, 0.1) is 25.6 Å². The summed E-state index contributed by atoms with van der Waals surface area (Å²) in [5.41, 5.74) is 0.919. The number of rotatable bonds is 7. The molecule has 1 aliphatic rings. The highest BCUT2D eigenvalue weighted by Crippen LogP contribution is 2.42. The van der Waals surface area contributed by atoms with E-state index < -0.39 is 11.8 Å². The summed E-state index contributed by atoms with van der Waals surface area (Å²) >= 11 is 13.3. The van der Waals surface area contributed by atoms with Gasteiger partial charge in [0.25, 0.3) is 11.8 Å². The molecule has 4 rings (SSSR count). The Balaban J connectivity index is 1.80. The Hall–Kier alpha value is -3.13. The molecule has 1 heterocycles. The number of nitrogens with one attached hydrogen (secondary N) is 1. The number of imide groups is 1. The van der Waals surface area contributed by atoms with E-state index in [0.717, 1.165) is 21.6 Å². The second-order valence-corrected chi connectivity index (χ2v) is 8.80. The van der Waals surface area contributed by atoms with Crippen LogP contribution >= 0.6 is 35.0 Å². The average Bonchev–Trinajstić information content (AvgIpc) is 3.04. The summed E-state index contributed by atoms with van der Waals surface area (Å²) in [6.45, 7) is 0. The van der Waals surface area contributed by atoms with E-state index in [9.17, 15) is 9.59 Å². The van der Waals surface area contributed by atoms with E-state index in [4.69, 9.17) is 32.7 Å². The van der Waals surface area contributed by atoms with E-state index in [1.54, 1.807) is 54.6 Å². The number of nitrogens with zero attached hydrogens (tertiary/aromatic N) is 1. The highest BCUT2D eigenvalue weighted by atomic mass is 35.5. The molecular weight excluding hydrogens is 483 g/mol. The van der Waals surface area contributed by atoms with Crippen molar-refractivity contribution in [3.8, 4) is 11.5 Å². The van der Waals surface area contributed by atoms with Crippen molar-refractivity contribution in [3.63, 3.8) is 0 Å². The van der Waals surface area contributed by atoms with Crippen LogP contribution in [0.5, 0.6) is 11.5 Å². The first-order valence-corrected chi connectivity index (χ1v) is 11.3. The van der Waals surface area contributed by atoms with E-state index in [-0.39, 0.29) is 16.3 Å². The highest BCUT2D eigenvalue weighted by molar-refractivity contribution is 8.04. The van der Waals surface area contributed by atoms with Gasteiger partial charge in [0.1, 0.15) is 22.1 Å². The first kappa shape index (κ1) is 23.0. The van der Waals surface area contributed by atoms with Gasteiger partial charge < -0.3 is 14.8 Å². The zero-order chi connectivity index (χ0) is 23.5. The maximum absolute atomic E-state index is 13.6. The van der Waals surface area contributed by atoms with Gasteiger partial charge in [-0.3, -0.25) is 9.59 Å². The Labute approximate surface area is 205 Å². The SMILES string of the molecule is COc1ccccc1NC1=C(Sc2ccc(Cl)cc2)C(=O)N(c2cc(Cl)ccc2OC)C1=O. The number of halogens is 2. The number of carbonyl (C=O) groups is 2. The maximum Gasteiger partial charge on any atom is 0.283 e. The van der Waals surface area contributed by atoms with Crippen molar-refractivity contribution in [2.75, 3.05) is 24.4 Å². The quantitative estimate of drug-likeness (QED) is 0.401. The van der Waals surface area contributed by atoms with Crippen LogP contribution in [0.3, 0.4) is 0 Å². The molecule has 6 nitrogen and oxygen atoms in total. The van der Waals surface area contributed by atoms with Crippen molar-refractivity contribution in [2.24, 2.45) is 0 Å². The van der Waals surface area contributed by atoms with Crippen molar-refractivity contribution in [1.29, 1.82) is 0 Å². The lowest BCUT2D eigenvalue weighted by Gasteiger charge is -2.18. The Morgan fingerprint density at radius 3 is 2.18 bits per heavy atom. The predicted octanol–water partition coefficient (Wildman–Crippen LogP) is 6.00. The maximum atomic E-state index is 13.6. The minimum absolute atomic E-state index is 0.117. The minimum atomic E-state index is -0.539. The zero-order valence-corrected chi connectivity index (χ0v) is 19.9. The summed E-state index contributed by atoms with van der Waals surface area (Å²) in [5.74, 6) is -0.170. The molecule has 2 amide bonds. The molecule has 0 unspecified atom stereocenters. The normalized spacial score (nSPS) is 13.5. The molecule has 0 fully saturated rings. The Morgan fingerprint density at radius 1 is 0.818 bits per heavy atom. The number of carbonyl (C=O) groups excluding carboxylic acids is 2. The van der Waals surface area contributed by atoms with Crippen molar-refractivity contribution >= 4 is 58.2 Å². The number of para-hydroxylation sites is 2. The van der Waals surface area contributed by atoms with Gasteiger partial charge in [-0.1, -0.05) is 47.1 Å². The lowest BCUT2D eigenvalue weighted by atomic mass is 10.2. The largest absolute Gasteiger partial charge is 0.495 e. The molecule has 1 N–H and O–H groups in total. The third-order valence-electron chi connectivity index (χ3n) is 4.82. The van der Waals surface area contributed by atoms with Crippen molar-refractivity contribution in [2.45, 2.75) is 4.90 Å². The van der Waals surface area contributed by atoms with Crippen LogP contribution in [0.15, 0.2) is 82.2 Å². The standard InChI is InChI=1S/C24H18Cl2N2O4S/c1-31-19-6-4-3-5-17(19)27-21-22(33-16-10-7-14(25)8-11-16)24(30)28(23(21)29)18-13-15(26)9-12-20(18)32-2/h3-13,27H,1-2H3. The molecule has 0 bridgehead atoms. The second kappa shape index (κ2) is 9.79. The molecule has 0 radical (unpaired) electrons. The van der Waals surface area contributed by atoms with Gasteiger partial charge >= 0.3 is 0 Å². The van der Waals surface area contributed by atoms with Crippen LogP contribution in [0.1, 0.15) is 0 Å². The summed E-state index contributed by atoms with van der Waals surface area (Å²) < 4.78 is 10.8. The summed E-state index contributed by atoms with van der Waals surface area (Å²) in [5, 5.41) is 4.03. The van der Waals surface area contributed by atoms with E-state index in [1.807, 2.05) is 6.07 Å². The van der Waals surface area contributed by atoms with Crippen molar-refractivity contribution in [1.82, 2.24) is 0 Å². The van der Waals surface area contributed by atoms with Gasteiger partial charge in [0.2, 0.25) is 0 Å². The summed E-state index contributed by atoms with van der Waals surface area (Å²) in [6.07, 6.45) is 0. The number of ether oxygens (including phenoxy) is 2. The molecule has 0 spiro atoms. The molecule has 3 aromatic carbocycles. The first-order chi connectivity index (χ1) is 15.9. The lowest BCUT2D eigenvalue weighted by Crippen LogP contribution is -2.32.